The van der Waals surface area contributed by atoms with Crippen molar-refractivity contribution in [3.8, 4) is 11.5 Å². The SMILES string of the molecule is O=c1[nH]c2ccccc2n1CCCN(Cc1ccc2c(c1)OCO2)C1CCCCC1. The molecule has 6 nitrogen and oxygen atoms in total. The van der Waals surface area contributed by atoms with E-state index in [1.165, 1.54) is 37.7 Å². The molecule has 1 fully saturated rings. The van der Waals surface area contributed by atoms with Gasteiger partial charge in [-0.1, -0.05) is 37.5 Å². The Morgan fingerprint density at radius 1 is 1.03 bits per heavy atom. The average Bonchev–Trinajstić information content (AvgIpc) is 3.37. The number of benzene rings is 2. The number of nitrogens with zero attached hydrogens (tertiary/aromatic N) is 2. The smallest absolute Gasteiger partial charge is 0.326 e. The summed E-state index contributed by atoms with van der Waals surface area (Å²) in [6.07, 6.45) is 7.44. The molecule has 0 saturated heterocycles. The van der Waals surface area contributed by atoms with Gasteiger partial charge in [0.2, 0.25) is 6.79 Å². The fourth-order valence-corrected chi connectivity index (χ4v) is 4.87. The average molecular weight is 408 g/mol. The number of imidazole rings is 1. The zero-order chi connectivity index (χ0) is 20.3. The molecule has 5 rings (SSSR count). The predicted molar refractivity (Wildman–Crippen MR) is 117 cm³/mol. The van der Waals surface area contributed by atoms with Gasteiger partial charge >= 0.3 is 5.69 Å². The van der Waals surface area contributed by atoms with E-state index in [1.54, 1.807) is 0 Å². The van der Waals surface area contributed by atoms with Crippen LogP contribution in [0.2, 0.25) is 0 Å². The van der Waals surface area contributed by atoms with E-state index < -0.39 is 0 Å². The first-order chi connectivity index (χ1) is 14.8. The van der Waals surface area contributed by atoms with Gasteiger partial charge in [-0.15, -0.1) is 0 Å². The monoisotopic (exact) mass is 407 g/mol. The Bertz CT molecular complexity index is 1060. The minimum atomic E-state index is -0.0174. The van der Waals surface area contributed by atoms with Gasteiger partial charge in [0.05, 0.1) is 11.0 Å². The maximum Gasteiger partial charge on any atom is 0.326 e. The Morgan fingerprint density at radius 2 is 1.87 bits per heavy atom. The summed E-state index contributed by atoms with van der Waals surface area (Å²) in [5.74, 6) is 1.68. The van der Waals surface area contributed by atoms with Gasteiger partial charge in [0.15, 0.2) is 11.5 Å². The highest BCUT2D eigenvalue weighted by Gasteiger charge is 2.22. The molecule has 2 heterocycles. The molecule has 0 amide bonds. The Balaban J connectivity index is 1.29. The summed E-state index contributed by atoms with van der Waals surface area (Å²) >= 11 is 0. The van der Waals surface area contributed by atoms with Crippen molar-refractivity contribution in [1.82, 2.24) is 14.5 Å². The third-order valence-corrected chi connectivity index (χ3v) is 6.42. The molecule has 2 aliphatic rings. The van der Waals surface area contributed by atoms with Crippen LogP contribution < -0.4 is 15.2 Å². The molecule has 30 heavy (non-hydrogen) atoms. The first-order valence-electron chi connectivity index (χ1n) is 11.1. The number of hydrogen-bond acceptors (Lipinski definition) is 4. The zero-order valence-corrected chi connectivity index (χ0v) is 17.3. The maximum atomic E-state index is 12.4. The third kappa shape index (κ3) is 3.97. The lowest BCUT2D eigenvalue weighted by Gasteiger charge is -2.34. The van der Waals surface area contributed by atoms with E-state index in [0.29, 0.717) is 12.8 Å². The molecule has 1 aromatic heterocycles. The molecular weight excluding hydrogens is 378 g/mol. The zero-order valence-electron chi connectivity index (χ0n) is 17.3. The Labute approximate surface area is 176 Å². The highest BCUT2D eigenvalue weighted by molar-refractivity contribution is 5.74. The summed E-state index contributed by atoms with van der Waals surface area (Å²) in [5.41, 5.74) is 3.14. The highest BCUT2D eigenvalue weighted by Crippen LogP contribution is 2.33. The molecule has 1 aliphatic heterocycles. The lowest BCUT2D eigenvalue weighted by atomic mass is 9.93. The summed E-state index contributed by atoms with van der Waals surface area (Å²) in [7, 11) is 0. The fraction of sp³-hybridized carbons (Fsp3) is 0.458. The van der Waals surface area contributed by atoms with Gasteiger partial charge in [-0.25, -0.2) is 4.79 Å². The van der Waals surface area contributed by atoms with E-state index >= 15 is 0 Å². The normalized spacial score (nSPS) is 16.6. The van der Waals surface area contributed by atoms with Gasteiger partial charge in [-0.3, -0.25) is 9.47 Å². The van der Waals surface area contributed by atoms with E-state index in [2.05, 4.69) is 22.0 Å². The molecule has 158 valence electrons. The summed E-state index contributed by atoms with van der Waals surface area (Å²) in [6, 6.07) is 14.8. The maximum absolute atomic E-state index is 12.4. The Hall–Kier alpha value is -2.73. The van der Waals surface area contributed by atoms with Gasteiger partial charge in [-0.05, 0) is 49.1 Å². The third-order valence-electron chi connectivity index (χ3n) is 6.42. The van der Waals surface area contributed by atoms with Crippen molar-refractivity contribution in [2.45, 2.75) is 57.7 Å². The largest absolute Gasteiger partial charge is 0.454 e. The van der Waals surface area contributed by atoms with Crippen LogP contribution in [0.25, 0.3) is 11.0 Å². The van der Waals surface area contributed by atoms with Crippen molar-refractivity contribution < 1.29 is 9.47 Å². The molecule has 0 spiro atoms. The van der Waals surface area contributed by atoms with Gasteiger partial charge in [0, 0.05) is 25.7 Å². The van der Waals surface area contributed by atoms with Crippen LogP contribution in [0.5, 0.6) is 11.5 Å². The van der Waals surface area contributed by atoms with E-state index in [-0.39, 0.29) is 5.69 Å². The molecular formula is C24H29N3O3. The van der Waals surface area contributed by atoms with Crippen LogP contribution in [-0.4, -0.2) is 33.8 Å². The van der Waals surface area contributed by atoms with Crippen LogP contribution in [0.4, 0.5) is 0 Å². The summed E-state index contributed by atoms with van der Waals surface area (Å²) in [5, 5.41) is 0. The number of rotatable bonds is 7. The minimum Gasteiger partial charge on any atom is -0.454 e. The molecule has 2 aromatic carbocycles. The standard InChI is InChI=1S/C24H29N3O3/c28-24-25-20-9-4-5-10-21(20)27(24)14-6-13-26(19-7-2-1-3-8-19)16-18-11-12-22-23(15-18)30-17-29-22/h4-5,9-12,15,19H,1-3,6-8,13-14,16-17H2,(H,25,28). The van der Waals surface area contributed by atoms with Gasteiger partial charge in [0.25, 0.3) is 0 Å². The van der Waals surface area contributed by atoms with E-state index in [0.717, 1.165) is 48.6 Å². The number of aromatic nitrogens is 2. The van der Waals surface area contributed by atoms with Crippen molar-refractivity contribution in [1.29, 1.82) is 0 Å². The molecule has 0 bridgehead atoms. The number of aromatic amines is 1. The number of nitrogens with one attached hydrogen (secondary N) is 1. The topological polar surface area (TPSA) is 59.5 Å². The van der Waals surface area contributed by atoms with Crippen LogP contribution in [0, 0.1) is 0 Å². The van der Waals surface area contributed by atoms with Crippen molar-refractivity contribution in [2.24, 2.45) is 0 Å². The van der Waals surface area contributed by atoms with E-state index in [4.69, 9.17) is 9.47 Å². The second-order valence-corrected chi connectivity index (χ2v) is 8.40. The van der Waals surface area contributed by atoms with E-state index in [9.17, 15) is 4.79 Å². The molecule has 0 radical (unpaired) electrons. The Morgan fingerprint density at radius 3 is 2.77 bits per heavy atom. The molecule has 3 aromatic rings. The number of hydrogen-bond donors (Lipinski definition) is 1. The van der Waals surface area contributed by atoms with Crippen molar-refractivity contribution in [3.05, 3.63) is 58.5 Å². The summed E-state index contributed by atoms with van der Waals surface area (Å²) in [6.45, 7) is 2.92. The first kappa shape index (κ1) is 19.2. The molecule has 1 N–H and O–H groups in total. The van der Waals surface area contributed by atoms with Crippen LogP contribution in [0.1, 0.15) is 44.1 Å². The van der Waals surface area contributed by atoms with Gasteiger partial charge < -0.3 is 14.5 Å². The number of ether oxygens (including phenoxy) is 2. The predicted octanol–water partition coefficient (Wildman–Crippen LogP) is 4.28. The van der Waals surface area contributed by atoms with Crippen LogP contribution >= 0.6 is 0 Å². The highest BCUT2D eigenvalue weighted by atomic mass is 16.7. The molecule has 1 saturated carbocycles. The first-order valence-corrected chi connectivity index (χ1v) is 11.1. The van der Waals surface area contributed by atoms with Crippen LogP contribution in [0.15, 0.2) is 47.3 Å². The van der Waals surface area contributed by atoms with E-state index in [1.807, 2.05) is 34.9 Å². The number of para-hydroxylation sites is 2. The second-order valence-electron chi connectivity index (χ2n) is 8.40. The number of fused-ring (bicyclic) bond motifs is 2. The molecule has 1 aliphatic carbocycles. The second kappa shape index (κ2) is 8.56. The minimum absolute atomic E-state index is 0.0174. The van der Waals surface area contributed by atoms with Gasteiger partial charge in [-0.2, -0.15) is 0 Å². The lowest BCUT2D eigenvalue weighted by molar-refractivity contribution is 0.144. The summed E-state index contributed by atoms with van der Waals surface area (Å²) < 4.78 is 12.9. The molecule has 0 unspecified atom stereocenters. The molecule has 0 atom stereocenters. The van der Waals surface area contributed by atoms with Crippen molar-refractivity contribution >= 4 is 11.0 Å². The van der Waals surface area contributed by atoms with Crippen molar-refractivity contribution in [2.75, 3.05) is 13.3 Å². The van der Waals surface area contributed by atoms with Crippen LogP contribution in [0.3, 0.4) is 0 Å². The summed E-state index contributed by atoms with van der Waals surface area (Å²) in [4.78, 5) is 18.0. The molecule has 6 heteroatoms. The number of aryl methyl sites for hydroxylation is 1. The number of H-pyrrole nitrogens is 1. The van der Waals surface area contributed by atoms with Crippen LogP contribution in [-0.2, 0) is 13.1 Å². The quantitative estimate of drug-likeness (QED) is 0.635. The van der Waals surface area contributed by atoms with Crippen molar-refractivity contribution in [3.63, 3.8) is 0 Å². The van der Waals surface area contributed by atoms with Gasteiger partial charge in [0.1, 0.15) is 0 Å². The fourth-order valence-electron chi connectivity index (χ4n) is 4.87. The lowest BCUT2D eigenvalue weighted by Crippen LogP contribution is -2.37. The Kier molecular flexibility index (Phi) is 5.49.